The van der Waals surface area contributed by atoms with E-state index in [2.05, 4.69) is 40.9 Å². The molecule has 0 saturated carbocycles. The van der Waals surface area contributed by atoms with E-state index in [0.717, 1.165) is 16.5 Å². The summed E-state index contributed by atoms with van der Waals surface area (Å²) in [5.41, 5.74) is 4.99. The van der Waals surface area contributed by atoms with Gasteiger partial charge in [0.2, 0.25) is 0 Å². The predicted molar refractivity (Wildman–Crippen MR) is 137 cm³/mol. The molecule has 1 amide bonds. The molecule has 4 aromatic carbocycles. The smallest absolute Gasteiger partial charge is 0.307 e. The fourth-order valence-electron chi connectivity index (χ4n) is 3.80. The summed E-state index contributed by atoms with van der Waals surface area (Å²) in [4.78, 5) is 12.4. The van der Waals surface area contributed by atoms with Gasteiger partial charge in [-0.25, -0.2) is 5.43 Å². The standard InChI is InChI=1S/C29H24N2O4/c1-2-33-27-16-20(18-30-31-29(32)28-17-24-9-5-6-10-25(24)35-28)12-14-26(27)34-19-21-11-13-22-7-3-4-8-23(22)15-21/h3-18H,2,19H2,1H3,(H,31,32)/b30-18+. The van der Waals surface area contributed by atoms with Crippen LogP contribution in [0, 0.1) is 0 Å². The molecule has 0 atom stereocenters. The number of para-hydroxylation sites is 1. The minimum Gasteiger partial charge on any atom is -0.490 e. The van der Waals surface area contributed by atoms with E-state index in [-0.39, 0.29) is 5.76 Å². The fourth-order valence-corrected chi connectivity index (χ4v) is 3.80. The van der Waals surface area contributed by atoms with Crippen LogP contribution in [0.2, 0.25) is 0 Å². The van der Waals surface area contributed by atoms with Gasteiger partial charge in [0.05, 0.1) is 12.8 Å². The topological polar surface area (TPSA) is 73.1 Å². The van der Waals surface area contributed by atoms with Crippen LogP contribution in [-0.2, 0) is 6.61 Å². The highest BCUT2D eigenvalue weighted by molar-refractivity contribution is 5.96. The summed E-state index contributed by atoms with van der Waals surface area (Å²) in [6, 6.07) is 29.2. The summed E-state index contributed by atoms with van der Waals surface area (Å²) in [5, 5.41) is 7.30. The first-order valence-electron chi connectivity index (χ1n) is 11.4. The van der Waals surface area contributed by atoms with Crippen LogP contribution < -0.4 is 14.9 Å². The minimum atomic E-state index is -0.419. The Labute approximate surface area is 202 Å². The van der Waals surface area contributed by atoms with E-state index in [1.54, 1.807) is 12.3 Å². The Hall–Kier alpha value is -4.58. The van der Waals surface area contributed by atoms with Crippen LogP contribution in [0.5, 0.6) is 11.5 Å². The summed E-state index contributed by atoms with van der Waals surface area (Å²) >= 11 is 0. The minimum absolute atomic E-state index is 0.204. The maximum Gasteiger partial charge on any atom is 0.307 e. The molecule has 0 aliphatic heterocycles. The van der Waals surface area contributed by atoms with Crippen molar-refractivity contribution in [1.82, 2.24) is 5.43 Å². The van der Waals surface area contributed by atoms with Crippen molar-refractivity contribution < 1.29 is 18.7 Å². The lowest BCUT2D eigenvalue weighted by Crippen LogP contribution is -2.16. The largest absolute Gasteiger partial charge is 0.490 e. The van der Waals surface area contributed by atoms with Crippen LogP contribution in [0.3, 0.4) is 0 Å². The molecule has 0 saturated heterocycles. The number of hydrogen-bond acceptors (Lipinski definition) is 5. The summed E-state index contributed by atoms with van der Waals surface area (Å²) in [7, 11) is 0. The molecule has 5 aromatic rings. The molecule has 1 heterocycles. The summed E-state index contributed by atoms with van der Waals surface area (Å²) in [5.74, 6) is 1.04. The third-order valence-electron chi connectivity index (χ3n) is 5.50. The maximum absolute atomic E-state index is 12.4. The molecular weight excluding hydrogens is 440 g/mol. The molecule has 1 N–H and O–H groups in total. The molecule has 0 fully saturated rings. The number of amides is 1. The molecule has 174 valence electrons. The van der Waals surface area contributed by atoms with Gasteiger partial charge in [-0.15, -0.1) is 0 Å². The Morgan fingerprint density at radius 2 is 1.66 bits per heavy atom. The number of nitrogens with one attached hydrogen (secondary N) is 1. The number of ether oxygens (including phenoxy) is 2. The lowest BCUT2D eigenvalue weighted by Gasteiger charge is -2.13. The summed E-state index contributed by atoms with van der Waals surface area (Å²) in [6.45, 7) is 2.84. The SMILES string of the molecule is CCOc1cc(/C=N/NC(=O)c2cc3ccccc3o2)ccc1OCc1ccc2ccccc2c1. The van der Waals surface area contributed by atoms with Gasteiger partial charge < -0.3 is 13.9 Å². The molecule has 0 radical (unpaired) electrons. The second-order valence-corrected chi connectivity index (χ2v) is 7.96. The van der Waals surface area contributed by atoms with Crippen LogP contribution in [0.25, 0.3) is 21.7 Å². The van der Waals surface area contributed by atoms with Gasteiger partial charge in [0.1, 0.15) is 12.2 Å². The van der Waals surface area contributed by atoms with Crippen LogP contribution in [-0.4, -0.2) is 18.7 Å². The molecule has 1 aromatic heterocycles. The zero-order valence-corrected chi connectivity index (χ0v) is 19.2. The molecule has 5 rings (SSSR count). The van der Waals surface area contributed by atoms with E-state index in [1.807, 2.05) is 61.5 Å². The van der Waals surface area contributed by atoms with Crippen LogP contribution >= 0.6 is 0 Å². The number of furan rings is 1. The third kappa shape index (κ3) is 5.17. The first-order chi connectivity index (χ1) is 17.2. The Balaban J connectivity index is 1.25. The number of benzene rings is 4. The molecular formula is C29H24N2O4. The van der Waals surface area contributed by atoms with Crippen LogP contribution in [0.4, 0.5) is 0 Å². The van der Waals surface area contributed by atoms with E-state index in [1.165, 1.54) is 10.8 Å². The molecule has 0 unspecified atom stereocenters. The molecule has 35 heavy (non-hydrogen) atoms. The molecule has 6 nitrogen and oxygen atoms in total. The van der Waals surface area contributed by atoms with E-state index in [9.17, 15) is 4.79 Å². The van der Waals surface area contributed by atoms with E-state index in [0.29, 0.717) is 30.3 Å². The molecule has 0 spiro atoms. The Kier molecular flexibility index (Phi) is 6.44. The monoisotopic (exact) mass is 464 g/mol. The normalized spacial score (nSPS) is 11.2. The van der Waals surface area contributed by atoms with Crippen molar-refractivity contribution in [3.63, 3.8) is 0 Å². The van der Waals surface area contributed by atoms with Crippen molar-refractivity contribution in [2.45, 2.75) is 13.5 Å². The van der Waals surface area contributed by atoms with Crippen molar-refractivity contribution in [1.29, 1.82) is 0 Å². The maximum atomic E-state index is 12.4. The highest BCUT2D eigenvalue weighted by atomic mass is 16.5. The van der Waals surface area contributed by atoms with Crippen LogP contribution in [0.15, 0.2) is 101 Å². The van der Waals surface area contributed by atoms with Crippen molar-refractivity contribution in [3.05, 3.63) is 108 Å². The van der Waals surface area contributed by atoms with Crippen molar-refractivity contribution >= 4 is 33.9 Å². The van der Waals surface area contributed by atoms with Crippen molar-refractivity contribution in [2.24, 2.45) is 5.10 Å². The van der Waals surface area contributed by atoms with Crippen molar-refractivity contribution in [2.75, 3.05) is 6.61 Å². The van der Waals surface area contributed by atoms with Gasteiger partial charge in [-0.1, -0.05) is 54.6 Å². The number of fused-ring (bicyclic) bond motifs is 2. The van der Waals surface area contributed by atoms with E-state index in [4.69, 9.17) is 13.9 Å². The highest BCUT2D eigenvalue weighted by Gasteiger charge is 2.11. The number of carbonyl (C=O) groups is 1. The number of nitrogens with zero attached hydrogens (tertiary/aromatic N) is 1. The van der Waals surface area contributed by atoms with E-state index >= 15 is 0 Å². The molecule has 0 aliphatic carbocycles. The van der Waals surface area contributed by atoms with Crippen molar-refractivity contribution in [3.8, 4) is 11.5 Å². The molecule has 0 bridgehead atoms. The number of rotatable bonds is 8. The highest BCUT2D eigenvalue weighted by Crippen LogP contribution is 2.29. The lowest BCUT2D eigenvalue weighted by molar-refractivity contribution is 0.0929. The number of hydrazone groups is 1. The summed E-state index contributed by atoms with van der Waals surface area (Å²) < 4.78 is 17.4. The van der Waals surface area contributed by atoms with Gasteiger partial charge >= 0.3 is 5.91 Å². The fraction of sp³-hybridized carbons (Fsp3) is 0.103. The summed E-state index contributed by atoms with van der Waals surface area (Å²) in [6.07, 6.45) is 1.55. The zero-order chi connectivity index (χ0) is 24.0. The van der Waals surface area contributed by atoms with Gasteiger partial charge in [-0.05, 0) is 65.2 Å². The van der Waals surface area contributed by atoms with Gasteiger partial charge in [-0.3, -0.25) is 4.79 Å². The van der Waals surface area contributed by atoms with Gasteiger partial charge in [0.25, 0.3) is 0 Å². The van der Waals surface area contributed by atoms with Gasteiger partial charge in [0.15, 0.2) is 17.3 Å². The average molecular weight is 465 g/mol. The molecule has 6 heteroatoms. The lowest BCUT2D eigenvalue weighted by atomic mass is 10.1. The Morgan fingerprint density at radius 3 is 2.49 bits per heavy atom. The average Bonchev–Trinajstić information content (AvgIpc) is 3.33. The Bertz CT molecular complexity index is 1490. The first-order valence-corrected chi connectivity index (χ1v) is 11.4. The molecule has 0 aliphatic rings. The van der Waals surface area contributed by atoms with Gasteiger partial charge in [0, 0.05) is 5.39 Å². The number of hydrogen-bond donors (Lipinski definition) is 1. The van der Waals surface area contributed by atoms with Gasteiger partial charge in [-0.2, -0.15) is 5.10 Å². The van der Waals surface area contributed by atoms with Crippen LogP contribution in [0.1, 0.15) is 28.6 Å². The quantitative estimate of drug-likeness (QED) is 0.215. The van der Waals surface area contributed by atoms with E-state index < -0.39 is 5.91 Å². The second-order valence-electron chi connectivity index (χ2n) is 7.96. The number of carbonyl (C=O) groups excluding carboxylic acids is 1. The third-order valence-corrected chi connectivity index (χ3v) is 5.50. The predicted octanol–water partition coefficient (Wildman–Crippen LogP) is 6.33. The first kappa shape index (κ1) is 22.2. The Morgan fingerprint density at radius 1 is 0.857 bits per heavy atom. The zero-order valence-electron chi connectivity index (χ0n) is 19.2. The second kappa shape index (κ2) is 10.1.